The highest BCUT2D eigenvalue weighted by Crippen LogP contribution is 2.21. The number of hydrogen-bond acceptors (Lipinski definition) is 5. The Kier molecular flexibility index (Phi) is 5.74. The Morgan fingerprint density at radius 2 is 1.64 bits per heavy atom. The Bertz CT molecular complexity index is 796. The second-order valence-corrected chi connectivity index (χ2v) is 7.78. The van der Waals surface area contributed by atoms with E-state index in [0.717, 1.165) is 44.8 Å². The minimum atomic E-state index is -0.0680. The van der Waals surface area contributed by atoms with E-state index in [1.807, 2.05) is 19.1 Å². The Balaban J connectivity index is 1.42. The SMILES string of the molecule is Cc1nc(C(=O)NC2CCCCC2)cc(N2CCN(c3ccccc3)CC2)n1. The number of rotatable bonds is 4. The number of aromatic nitrogens is 2. The van der Waals surface area contributed by atoms with Gasteiger partial charge in [0.15, 0.2) is 0 Å². The first kappa shape index (κ1) is 18.7. The van der Waals surface area contributed by atoms with Gasteiger partial charge in [-0.1, -0.05) is 37.5 Å². The molecule has 1 saturated heterocycles. The predicted octanol–water partition coefficient (Wildman–Crippen LogP) is 3.17. The van der Waals surface area contributed by atoms with Crippen LogP contribution in [-0.2, 0) is 0 Å². The molecule has 1 aromatic heterocycles. The third kappa shape index (κ3) is 4.43. The van der Waals surface area contributed by atoms with E-state index in [4.69, 9.17) is 0 Å². The Morgan fingerprint density at radius 1 is 0.964 bits per heavy atom. The van der Waals surface area contributed by atoms with E-state index in [2.05, 4.69) is 49.4 Å². The standard InChI is InChI=1S/C22H29N5O/c1-17-23-20(22(28)25-18-8-4-2-5-9-18)16-21(24-17)27-14-12-26(13-15-27)19-10-6-3-7-11-19/h3,6-7,10-11,16,18H,2,4-5,8-9,12-15H2,1H3,(H,25,28). The average molecular weight is 380 g/mol. The highest BCUT2D eigenvalue weighted by Gasteiger charge is 2.22. The van der Waals surface area contributed by atoms with Crippen molar-refractivity contribution in [1.82, 2.24) is 15.3 Å². The first-order chi connectivity index (χ1) is 13.7. The summed E-state index contributed by atoms with van der Waals surface area (Å²) in [6, 6.07) is 12.6. The zero-order valence-electron chi connectivity index (χ0n) is 16.6. The van der Waals surface area contributed by atoms with Gasteiger partial charge < -0.3 is 15.1 Å². The number of anilines is 2. The molecule has 0 spiro atoms. The van der Waals surface area contributed by atoms with Crippen molar-refractivity contribution in [3.63, 3.8) is 0 Å². The third-order valence-corrected chi connectivity index (χ3v) is 5.72. The normalized spacial score (nSPS) is 18.2. The Hall–Kier alpha value is -2.63. The summed E-state index contributed by atoms with van der Waals surface area (Å²) in [5, 5.41) is 3.17. The van der Waals surface area contributed by atoms with Crippen LogP contribution in [0.15, 0.2) is 36.4 Å². The first-order valence-corrected chi connectivity index (χ1v) is 10.4. The zero-order valence-corrected chi connectivity index (χ0v) is 16.6. The predicted molar refractivity (Wildman–Crippen MR) is 112 cm³/mol. The molecule has 2 heterocycles. The van der Waals surface area contributed by atoms with E-state index in [-0.39, 0.29) is 11.9 Å². The second kappa shape index (κ2) is 8.59. The average Bonchev–Trinajstić information content (AvgIpc) is 2.75. The van der Waals surface area contributed by atoms with Crippen molar-refractivity contribution in [3.8, 4) is 0 Å². The minimum Gasteiger partial charge on any atom is -0.368 e. The quantitative estimate of drug-likeness (QED) is 0.884. The fourth-order valence-corrected chi connectivity index (χ4v) is 4.17. The molecule has 6 heteroatoms. The van der Waals surface area contributed by atoms with Gasteiger partial charge in [0, 0.05) is 44.0 Å². The van der Waals surface area contributed by atoms with Gasteiger partial charge in [-0.05, 0) is 31.9 Å². The molecule has 0 unspecified atom stereocenters. The number of carbonyl (C=O) groups excluding carboxylic acids is 1. The van der Waals surface area contributed by atoms with Gasteiger partial charge in [-0.2, -0.15) is 0 Å². The maximum Gasteiger partial charge on any atom is 0.270 e. The van der Waals surface area contributed by atoms with Gasteiger partial charge in [0.05, 0.1) is 0 Å². The molecule has 1 aliphatic carbocycles. The monoisotopic (exact) mass is 379 g/mol. The summed E-state index contributed by atoms with van der Waals surface area (Å²) in [6.45, 7) is 5.51. The molecule has 1 aliphatic heterocycles. The van der Waals surface area contributed by atoms with E-state index in [9.17, 15) is 4.79 Å². The van der Waals surface area contributed by atoms with Crippen molar-refractivity contribution >= 4 is 17.4 Å². The lowest BCUT2D eigenvalue weighted by atomic mass is 9.95. The minimum absolute atomic E-state index is 0.0680. The largest absolute Gasteiger partial charge is 0.368 e. The third-order valence-electron chi connectivity index (χ3n) is 5.72. The number of piperazine rings is 1. The molecule has 28 heavy (non-hydrogen) atoms. The lowest BCUT2D eigenvalue weighted by molar-refractivity contribution is 0.0922. The summed E-state index contributed by atoms with van der Waals surface area (Å²) >= 11 is 0. The van der Waals surface area contributed by atoms with Crippen LogP contribution in [0.2, 0.25) is 0 Å². The molecule has 0 atom stereocenters. The van der Waals surface area contributed by atoms with E-state index in [1.165, 1.54) is 24.9 Å². The summed E-state index contributed by atoms with van der Waals surface area (Å²) in [5.74, 6) is 1.44. The number of aryl methyl sites for hydroxylation is 1. The molecule has 1 N–H and O–H groups in total. The van der Waals surface area contributed by atoms with Crippen molar-refractivity contribution in [1.29, 1.82) is 0 Å². The molecule has 2 aromatic rings. The molecule has 0 bridgehead atoms. The number of carbonyl (C=O) groups is 1. The zero-order chi connectivity index (χ0) is 19.3. The lowest BCUT2D eigenvalue weighted by Crippen LogP contribution is -2.47. The Labute approximate surface area is 167 Å². The summed E-state index contributed by atoms with van der Waals surface area (Å²) in [7, 11) is 0. The smallest absolute Gasteiger partial charge is 0.270 e. The number of amides is 1. The van der Waals surface area contributed by atoms with Crippen LogP contribution in [0.5, 0.6) is 0 Å². The topological polar surface area (TPSA) is 61.4 Å². The lowest BCUT2D eigenvalue weighted by Gasteiger charge is -2.36. The maximum absolute atomic E-state index is 12.7. The molecule has 1 saturated carbocycles. The van der Waals surface area contributed by atoms with E-state index < -0.39 is 0 Å². The van der Waals surface area contributed by atoms with Crippen LogP contribution in [-0.4, -0.2) is 48.1 Å². The molecule has 6 nitrogen and oxygen atoms in total. The van der Waals surface area contributed by atoms with Crippen molar-refractivity contribution in [2.45, 2.75) is 45.1 Å². The van der Waals surface area contributed by atoms with Crippen molar-refractivity contribution < 1.29 is 4.79 Å². The summed E-state index contributed by atoms with van der Waals surface area (Å²) in [6.07, 6.45) is 5.82. The van der Waals surface area contributed by atoms with Crippen molar-refractivity contribution in [3.05, 3.63) is 47.9 Å². The van der Waals surface area contributed by atoms with Crippen LogP contribution in [0.3, 0.4) is 0 Å². The molecular formula is C22H29N5O. The van der Waals surface area contributed by atoms with Crippen LogP contribution in [0.4, 0.5) is 11.5 Å². The van der Waals surface area contributed by atoms with Gasteiger partial charge in [0.25, 0.3) is 5.91 Å². The van der Waals surface area contributed by atoms with Gasteiger partial charge >= 0.3 is 0 Å². The molecular weight excluding hydrogens is 350 g/mol. The fraction of sp³-hybridized carbons (Fsp3) is 0.500. The van der Waals surface area contributed by atoms with E-state index >= 15 is 0 Å². The van der Waals surface area contributed by atoms with Crippen molar-refractivity contribution in [2.75, 3.05) is 36.0 Å². The number of nitrogens with zero attached hydrogens (tertiary/aromatic N) is 4. The van der Waals surface area contributed by atoms with Crippen LogP contribution >= 0.6 is 0 Å². The molecule has 1 aromatic carbocycles. The number of benzene rings is 1. The van der Waals surface area contributed by atoms with Gasteiger partial charge in [0.2, 0.25) is 0 Å². The number of nitrogens with one attached hydrogen (secondary N) is 1. The van der Waals surface area contributed by atoms with Gasteiger partial charge in [-0.25, -0.2) is 9.97 Å². The second-order valence-electron chi connectivity index (χ2n) is 7.78. The van der Waals surface area contributed by atoms with E-state index in [0.29, 0.717) is 11.5 Å². The van der Waals surface area contributed by atoms with Crippen LogP contribution < -0.4 is 15.1 Å². The molecule has 2 aliphatic rings. The molecule has 0 radical (unpaired) electrons. The Morgan fingerprint density at radius 3 is 2.36 bits per heavy atom. The number of para-hydroxylation sites is 1. The van der Waals surface area contributed by atoms with Crippen LogP contribution in [0.1, 0.15) is 48.4 Å². The van der Waals surface area contributed by atoms with Gasteiger partial charge in [0.1, 0.15) is 17.3 Å². The van der Waals surface area contributed by atoms with Gasteiger partial charge in [-0.3, -0.25) is 4.79 Å². The fourth-order valence-electron chi connectivity index (χ4n) is 4.17. The maximum atomic E-state index is 12.7. The summed E-state index contributed by atoms with van der Waals surface area (Å²) < 4.78 is 0. The van der Waals surface area contributed by atoms with E-state index in [1.54, 1.807) is 0 Å². The van der Waals surface area contributed by atoms with Crippen molar-refractivity contribution in [2.24, 2.45) is 0 Å². The highest BCUT2D eigenvalue weighted by molar-refractivity contribution is 5.93. The van der Waals surface area contributed by atoms with Crippen LogP contribution in [0.25, 0.3) is 0 Å². The molecule has 4 rings (SSSR count). The molecule has 2 fully saturated rings. The van der Waals surface area contributed by atoms with Crippen LogP contribution in [0, 0.1) is 6.92 Å². The molecule has 148 valence electrons. The molecule has 1 amide bonds. The number of hydrogen-bond donors (Lipinski definition) is 1. The highest BCUT2D eigenvalue weighted by atomic mass is 16.1. The first-order valence-electron chi connectivity index (χ1n) is 10.4. The van der Waals surface area contributed by atoms with Gasteiger partial charge in [-0.15, -0.1) is 0 Å². The summed E-state index contributed by atoms with van der Waals surface area (Å²) in [5.41, 5.74) is 1.74. The summed E-state index contributed by atoms with van der Waals surface area (Å²) in [4.78, 5) is 26.4.